The Morgan fingerprint density at radius 1 is 0.828 bits per heavy atom. The highest BCUT2D eigenvalue weighted by Crippen LogP contribution is 2.40. The molecule has 0 saturated heterocycles. The summed E-state index contributed by atoms with van der Waals surface area (Å²) < 4.78 is 16.3. The average molecular weight is 392 g/mol. The summed E-state index contributed by atoms with van der Waals surface area (Å²) in [7, 11) is 1.52. The van der Waals surface area contributed by atoms with Crippen molar-refractivity contribution < 1.29 is 23.8 Å². The molecule has 0 amide bonds. The van der Waals surface area contributed by atoms with Crippen molar-refractivity contribution in [1.82, 2.24) is 0 Å². The molecule has 0 radical (unpaired) electrons. The second kappa shape index (κ2) is 8.35. The second-order valence-corrected chi connectivity index (χ2v) is 7.13. The minimum Gasteiger partial charge on any atom is -0.493 e. The topological polar surface area (TPSA) is 61.8 Å². The quantitative estimate of drug-likeness (QED) is 0.401. The highest BCUT2D eigenvalue weighted by atomic mass is 16.6. The third kappa shape index (κ3) is 4.24. The van der Waals surface area contributed by atoms with Gasteiger partial charge in [0.05, 0.1) is 7.11 Å². The first-order valence-electron chi connectivity index (χ1n) is 9.40. The first kappa shape index (κ1) is 20.4. The normalized spacial score (nSPS) is 12.1. The van der Waals surface area contributed by atoms with E-state index in [1.165, 1.54) is 7.11 Å². The van der Waals surface area contributed by atoms with E-state index in [9.17, 15) is 9.59 Å². The number of hydrogen-bond acceptors (Lipinski definition) is 5. The predicted molar refractivity (Wildman–Crippen MR) is 111 cm³/mol. The van der Waals surface area contributed by atoms with E-state index in [0.29, 0.717) is 28.4 Å². The minimum absolute atomic E-state index is 0.307. The smallest absolute Gasteiger partial charge is 0.338 e. The van der Waals surface area contributed by atoms with Gasteiger partial charge >= 0.3 is 11.9 Å². The van der Waals surface area contributed by atoms with E-state index in [1.54, 1.807) is 26.0 Å². The Kier molecular flexibility index (Phi) is 5.87. The number of fused-ring (bicyclic) bond motifs is 1. The Morgan fingerprint density at radius 2 is 1.41 bits per heavy atom. The highest BCUT2D eigenvalue weighted by Gasteiger charge is 2.23. The van der Waals surface area contributed by atoms with Gasteiger partial charge in [0.25, 0.3) is 0 Å². The van der Waals surface area contributed by atoms with Crippen LogP contribution in [0.4, 0.5) is 0 Å². The van der Waals surface area contributed by atoms with Gasteiger partial charge in [0.15, 0.2) is 11.5 Å². The molecule has 0 aliphatic heterocycles. The molecule has 0 atom stereocenters. The van der Waals surface area contributed by atoms with Crippen molar-refractivity contribution in [2.75, 3.05) is 7.11 Å². The molecule has 29 heavy (non-hydrogen) atoms. The molecule has 3 rings (SSSR count). The zero-order valence-electron chi connectivity index (χ0n) is 17.0. The number of ether oxygens (including phenoxy) is 3. The molecule has 0 heterocycles. The summed E-state index contributed by atoms with van der Waals surface area (Å²) in [5.74, 6) is 0.448. The fraction of sp³-hybridized carbons (Fsp3) is 0.250. The monoisotopic (exact) mass is 392 g/mol. The lowest BCUT2D eigenvalue weighted by Crippen LogP contribution is -2.10. The Balaban J connectivity index is 2.02. The predicted octanol–water partition coefficient (Wildman–Crippen LogP) is 4.81. The molecule has 150 valence electrons. The Bertz CT molecular complexity index is 1020. The van der Waals surface area contributed by atoms with Crippen molar-refractivity contribution in [3.8, 4) is 28.4 Å². The lowest BCUT2D eigenvalue weighted by atomic mass is 9.96. The molecule has 0 spiro atoms. The largest absolute Gasteiger partial charge is 0.493 e. The molecule has 0 unspecified atom stereocenters. The molecule has 0 fully saturated rings. The number of carbonyl (C=O) groups is 2. The number of benzene rings is 2. The molecule has 0 saturated carbocycles. The van der Waals surface area contributed by atoms with Gasteiger partial charge in [-0.25, -0.2) is 9.59 Å². The Labute approximate surface area is 170 Å². The number of methoxy groups -OCH3 is 1. The molecule has 2 aromatic rings. The molecule has 5 heteroatoms. The van der Waals surface area contributed by atoms with Crippen LogP contribution in [-0.2, 0) is 22.4 Å². The molecule has 0 N–H and O–H groups in total. The van der Waals surface area contributed by atoms with Gasteiger partial charge in [0.2, 0.25) is 0 Å². The summed E-state index contributed by atoms with van der Waals surface area (Å²) in [6, 6.07) is 9.21. The third-order valence-corrected chi connectivity index (χ3v) is 4.82. The van der Waals surface area contributed by atoms with Crippen molar-refractivity contribution in [2.45, 2.75) is 33.1 Å². The molecule has 0 aromatic heterocycles. The van der Waals surface area contributed by atoms with Gasteiger partial charge in [-0.3, -0.25) is 0 Å². The first-order valence-corrected chi connectivity index (χ1v) is 9.40. The van der Waals surface area contributed by atoms with Crippen LogP contribution >= 0.6 is 0 Å². The highest BCUT2D eigenvalue weighted by molar-refractivity contribution is 5.90. The summed E-state index contributed by atoms with van der Waals surface area (Å²) in [6.45, 7) is 10.5. The van der Waals surface area contributed by atoms with E-state index in [0.717, 1.165) is 41.5 Å². The van der Waals surface area contributed by atoms with E-state index in [2.05, 4.69) is 13.2 Å². The maximum absolute atomic E-state index is 12.0. The van der Waals surface area contributed by atoms with Crippen LogP contribution in [-0.4, -0.2) is 19.0 Å². The Hall–Kier alpha value is -3.34. The van der Waals surface area contributed by atoms with E-state index >= 15 is 0 Å². The molecule has 1 aliphatic rings. The fourth-order valence-electron chi connectivity index (χ4n) is 3.34. The summed E-state index contributed by atoms with van der Waals surface area (Å²) in [5.41, 5.74) is 4.75. The van der Waals surface area contributed by atoms with Crippen LogP contribution < -0.4 is 14.2 Å². The maximum Gasteiger partial charge on any atom is 0.338 e. The molecular weight excluding hydrogens is 368 g/mol. The van der Waals surface area contributed by atoms with E-state index in [-0.39, 0.29) is 0 Å². The van der Waals surface area contributed by atoms with Crippen molar-refractivity contribution >= 4 is 11.9 Å². The van der Waals surface area contributed by atoms with Gasteiger partial charge in [0, 0.05) is 11.1 Å². The average Bonchev–Trinajstić information content (AvgIpc) is 3.18. The number of rotatable bonds is 6. The van der Waals surface area contributed by atoms with Gasteiger partial charge in [-0.05, 0) is 73.6 Å². The number of hydrogen-bond donors (Lipinski definition) is 0. The van der Waals surface area contributed by atoms with Crippen LogP contribution in [0.25, 0.3) is 11.1 Å². The summed E-state index contributed by atoms with van der Waals surface area (Å²) in [5, 5.41) is 0. The molecule has 0 bridgehead atoms. The van der Waals surface area contributed by atoms with Crippen LogP contribution in [0.1, 0.15) is 31.4 Å². The van der Waals surface area contributed by atoms with Gasteiger partial charge in [0.1, 0.15) is 5.75 Å². The lowest BCUT2D eigenvalue weighted by Gasteiger charge is -2.15. The molecular formula is C24H24O5. The van der Waals surface area contributed by atoms with Crippen LogP contribution in [0.15, 0.2) is 54.6 Å². The third-order valence-electron chi connectivity index (χ3n) is 4.82. The summed E-state index contributed by atoms with van der Waals surface area (Å²) in [6.07, 6.45) is 2.71. The fourth-order valence-corrected chi connectivity index (χ4v) is 3.34. The van der Waals surface area contributed by atoms with E-state index in [4.69, 9.17) is 14.2 Å². The number of esters is 2. The minimum atomic E-state index is -0.507. The number of carbonyl (C=O) groups excluding carboxylic acids is 2. The lowest BCUT2D eigenvalue weighted by molar-refractivity contribution is -0.131. The zero-order valence-corrected chi connectivity index (χ0v) is 17.0. The zero-order chi connectivity index (χ0) is 21.1. The maximum atomic E-state index is 12.0. The summed E-state index contributed by atoms with van der Waals surface area (Å²) >= 11 is 0. The van der Waals surface area contributed by atoms with Crippen LogP contribution in [0.2, 0.25) is 0 Å². The Morgan fingerprint density at radius 3 is 2.03 bits per heavy atom. The molecule has 2 aromatic carbocycles. The standard InChI is InChI=1S/C24H24O5/c1-14(2)23(25)28-20-12-10-17(18-7-6-8-19(18)20)16-9-11-21(27-5)22(13-16)29-24(26)15(3)4/h9-13H,1,3,6-8H2,2,4-5H3. The van der Waals surface area contributed by atoms with Gasteiger partial charge in [-0.2, -0.15) is 0 Å². The second-order valence-electron chi connectivity index (χ2n) is 7.13. The first-order chi connectivity index (χ1) is 13.8. The van der Waals surface area contributed by atoms with Gasteiger partial charge < -0.3 is 14.2 Å². The van der Waals surface area contributed by atoms with Crippen molar-refractivity contribution in [3.63, 3.8) is 0 Å². The van der Waals surface area contributed by atoms with Crippen LogP contribution in [0.3, 0.4) is 0 Å². The van der Waals surface area contributed by atoms with Crippen molar-refractivity contribution in [2.24, 2.45) is 0 Å². The molecule has 1 aliphatic carbocycles. The summed E-state index contributed by atoms with van der Waals surface area (Å²) in [4.78, 5) is 23.9. The van der Waals surface area contributed by atoms with Gasteiger partial charge in [-0.15, -0.1) is 0 Å². The van der Waals surface area contributed by atoms with Crippen LogP contribution in [0, 0.1) is 0 Å². The van der Waals surface area contributed by atoms with Crippen molar-refractivity contribution in [3.05, 3.63) is 65.8 Å². The van der Waals surface area contributed by atoms with Gasteiger partial charge in [-0.1, -0.05) is 25.3 Å². The van der Waals surface area contributed by atoms with Crippen LogP contribution in [0.5, 0.6) is 17.2 Å². The molecule has 5 nitrogen and oxygen atoms in total. The van der Waals surface area contributed by atoms with E-state index in [1.807, 2.05) is 18.2 Å². The van der Waals surface area contributed by atoms with Crippen molar-refractivity contribution in [1.29, 1.82) is 0 Å². The SMILES string of the molecule is C=C(C)C(=O)Oc1cc(-c2ccc(OC(=O)C(=C)C)c3c2CCC3)ccc1OC. The van der Waals surface area contributed by atoms with E-state index < -0.39 is 11.9 Å².